The molecule has 7 nitrogen and oxygen atoms in total. The monoisotopic (exact) mass is 452 g/mol. The fourth-order valence-electron chi connectivity index (χ4n) is 4.42. The number of alkyl carbamates (subject to hydrolysis) is 1. The van der Waals surface area contributed by atoms with Crippen molar-refractivity contribution in [2.24, 2.45) is 5.92 Å². The van der Waals surface area contributed by atoms with Gasteiger partial charge in [0.25, 0.3) is 0 Å². The van der Waals surface area contributed by atoms with E-state index in [9.17, 15) is 19.5 Å². The zero-order valence-electron chi connectivity index (χ0n) is 19.4. The SMILES string of the molecule is CCC(CNC(=O)OCC1c2ccccc2-c2ccccc21)CC(=O)N(C)C(CC)C(=O)O. The van der Waals surface area contributed by atoms with E-state index in [1.54, 1.807) is 6.92 Å². The molecule has 1 aliphatic rings. The van der Waals surface area contributed by atoms with Crippen molar-refractivity contribution in [2.75, 3.05) is 20.2 Å². The van der Waals surface area contributed by atoms with Gasteiger partial charge in [0.05, 0.1) is 0 Å². The van der Waals surface area contributed by atoms with Gasteiger partial charge in [-0.3, -0.25) is 4.79 Å². The lowest BCUT2D eigenvalue weighted by atomic mass is 9.98. The van der Waals surface area contributed by atoms with E-state index in [0.29, 0.717) is 12.8 Å². The Kier molecular flexibility index (Phi) is 8.09. The fourth-order valence-corrected chi connectivity index (χ4v) is 4.42. The lowest BCUT2D eigenvalue weighted by Gasteiger charge is -2.26. The summed E-state index contributed by atoms with van der Waals surface area (Å²) < 4.78 is 5.55. The van der Waals surface area contributed by atoms with E-state index in [0.717, 1.165) is 11.1 Å². The Bertz CT molecular complexity index is 960. The highest BCUT2D eigenvalue weighted by Crippen LogP contribution is 2.44. The third-order valence-corrected chi connectivity index (χ3v) is 6.45. The number of carboxylic acid groups (broad SMARTS) is 1. The highest BCUT2D eigenvalue weighted by atomic mass is 16.5. The first-order valence-corrected chi connectivity index (χ1v) is 11.4. The van der Waals surface area contributed by atoms with Crippen molar-refractivity contribution in [3.05, 3.63) is 59.7 Å². The van der Waals surface area contributed by atoms with Crippen molar-refractivity contribution in [3.8, 4) is 11.1 Å². The summed E-state index contributed by atoms with van der Waals surface area (Å²) in [5.74, 6) is -1.38. The van der Waals surface area contributed by atoms with Crippen molar-refractivity contribution in [2.45, 2.75) is 45.1 Å². The number of hydrogen-bond acceptors (Lipinski definition) is 4. The summed E-state index contributed by atoms with van der Waals surface area (Å²) in [4.78, 5) is 37.5. The molecule has 0 heterocycles. The van der Waals surface area contributed by atoms with Crippen molar-refractivity contribution in [3.63, 3.8) is 0 Å². The molecular formula is C26H32N2O5. The maximum atomic E-state index is 12.5. The maximum Gasteiger partial charge on any atom is 0.407 e. The summed E-state index contributed by atoms with van der Waals surface area (Å²) in [6.45, 7) is 4.19. The minimum absolute atomic E-state index is 0.0117. The van der Waals surface area contributed by atoms with Crippen LogP contribution in [0.3, 0.4) is 0 Å². The molecule has 0 spiro atoms. The highest BCUT2D eigenvalue weighted by molar-refractivity contribution is 5.83. The second kappa shape index (κ2) is 11.0. The number of benzene rings is 2. The Labute approximate surface area is 194 Å². The molecule has 0 radical (unpaired) electrons. The summed E-state index contributed by atoms with van der Waals surface area (Å²) in [6.07, 6.45) is 0.660. The molecule has 0 saturated heterocycles. The minimum atomic E-state index is -1.02. The van der Waals surface area contributed by atoms with Gasteiger partial charge >= 0.3 is 12.1 Å². The molecule has 2 N–H and O–H groups in total. The van der Waals surface area contributed by atoms with Crippen molar-refractivity contribution in [1.29, 1.82) is 0 Å². The van der Waals surface area contributed by atoms with Gasteiger partial charge in [-0.05, 0) is 34.6 Å². The zero-order chi connectivity index (χ0) is 24.0. The van der Waals surface area contributed by atoms with Crippen LogP contribution in [0.15, 0.2) is 48.5 Å². The van der Waals surface area contributed by atoms with Gasteiger partial charge in [-0.15, -0.1) is 0 Å². The van der Waals surface area contributed by atoms with Gasteiger partial charge < -0.3 is 20.1 Å². The van der Waals surface area contributed by atoms with E-state index in [4.69, 9.17) is 4.74 Å². The third kappa shape index (κ3) is 5.53. The molecule has 0 saturated carbocycles. The molecule has 0 aliphatic heterocycles. The number of likely N-dealkylation sites (N-methyl/N-ethyl adjacent to an activating group) is 1. The summed E-state index contributed by atoms with van der Waals surface area (Å²) in [5, 5.41) is 12.0. The van der Waals surface area contributed by atoms with Crippen LogP contribution in [0.25, 0.3) is 11.1 Å². The fraction of sp³-hybridized carbons (Fsp3) is 0.423. The molecule has 2 unspecified atom stereocenters. The standard InChI is InChI=1S/C26H32N2O5/c1-4-17(14-24(29)28(3)23(5-2)25(30)31)15-27-26(32)33-16-22-20-12-8-6-10-18(20)19-11-7-9-13-21(19)22/h6-13,17,22-23H,4-5,14-16H2,1-3H3,(H,27,32)(H,30,31). The molecule has 3 rings (SSSR count). The number of carbonyl (C=O) groups excluding carboxylic acids is 2. The zero-order valence-corrected chi connectivity index (χ0v) is 19.4. The first-order valence-electron chi connectivity index (χ1n) is 11.4. The molecule has 1 aliphatic carbocycles. The average Bonchev–Trinajstić information content (AvgIpc) is 3.14. The summed E-state index contributed by atoms with van der Waals surface area (Å²) >= 11 is 0. The van der Waals surface area contributed by atoms with Crippen LogP contribution >= 0.6 is 0 Å². The molecule has 0 fully saturated rings. The number of amides is 2. The second-order valence-corrected chi connectivity index (χ2v) is 8.45. The van der Waals surface area contributed by atoms with E-state index in [2.05, 4.69) is 29.6 Å². The lowest BCUT2D eigenvalue weighted by molar-refractivity contribution is -0.149. The van der Waals surface area contributed by atoms with Crippen LogP contribution in [0, 0.1) is 5.92 Å². The number of carboxylic acids is 1. The molecular weight excluding hydrogens is 420 g/mol. The van der Waals surface area contributed by atoms with Crippen LogP contribution < -0.4 is 5.32 Å². The number of hydrogen-bond donors (Lipinski definition) is 2. The Balaban J connectivity index is 1.53. The smallest absolute Gasteiger partial charge is 0.407 e. The first-order chi connectivity index (χ1) is 15.9. The molecule has 2 amide bonds. The number of nitrogens with zero attached hydrogens (tertiary/aromatic N) is 1. The number of carbonyl (C=O) groups is 3. The highest BCUT2D eigenvalue weighted by Gasteiger charge is 2.29. The molecule has 0 aromatic heterocycles. The minimum Gasteiger partial charge on any atom is -0.480 e. The van der Waals surface area contributed by atoms with Gasteiger partial charge in [-0.1, -0.05) is 68.8 Å². The number of rotatable bonds is 10. The van der Waals surface area contributed by atoms with Gasteiger partial charge in [-0.25, -0.2) is 9.59 Å². The number of nitrogens with one attached hydrogen (secondary N) is 1. The molecule has 2 aromatic rings. The van der Waals surface area contributed by atoms with Crippen molar-refractivity contribution in [1.82, 2.24) is 10.2 Å². The molecule has 2 aromatic carbocycles. The third-order valence-electron chi connectivity index (χ3n) is 6.45. The molecule has 7 heteroatoms. The van der Waals surface area contributed by atoms with E-state index in [1.807, 2.05) is 31.2 Å². The van der Waals surface area contributed by atoms with Crippen LogP contribution in [0.4, 0.5) is 4.79 Å². The average molecular weight is 453 g/mol. The number of aliphatic carboxylic acids is 1. The summed E-state index contributed by atoms with van der Waals surface area (Å²) in [7, 11) is 1.51. The van der Waals surface area contributed by atoms with Gasteiger partial charge in [0.15, 0.2) is 0 Å². The normalized spacial score (nSPS) is 14.0. The predicted octanol–water partition coefficient (Wildman–Crippen LogP) is 4.26. The Morgan fingerprint density at radius 2 is 1.58 bits per heavy atom. The van der Waals surface area contributed by atoms with Gasteiger partial charge in [0, 0.05) is 25.9 Å². The van der Waals surface area contributed by atoms with Crippen molar-refractivity contribution < 1.29 is 24.2 Å². The largest absolute Gasteiger partial charge is 0.480 e. The quantitative estimate of drug-likeness (QED) is 0.561. The number of fused-ring (bicyclic) bond motifs is 3. The van der Waals surface area contributed by atoms with E-state index in [-0.39, 0.29) is 37.3 Å². The van der Waals surface area contributed by atoms with E-state index >= 15 is 0 Å². The first kappa shape index (κ1) is 24.3. The molecule has 0 bridgehead atoms. The summed E-state index contributed by atoms with van der Waals surface area (Å²) in [6, 6.07) is 15.5. The Hall–Kier alpha value is -3.35. The van der Waals surface area contributed by atoms with Crippen LogP contribution in [0.1, 0.15) is 50.2 Å². The van der Waals surface area contributed by atoms with Crippen LogP contribution in [-0.4, -0.2) is 54.2 Å². The van der Waals surface area contributed by atoms with Gasteiger partial charge in [0.2, 0.25) is 5.91 Å². The van der Waals surface area contributed by atoms with Gasteiger partial charge in [-0.2, -0.15) is 0 Å². The Morgan fingerprint density at radius 3 is 2.09 bits per heavy atom. The second-order valence-electron chi connectivity index (χ2n) is 8.45. The Morgan fingerprint density at radius 1 is 1.00 bits per heavy atom. The van der Waals surface area contributed by atoms with E-state index in [1.165, 1.54) is 23.1 Å². The maximum absolute atomic E-state index is 12.5. The predicted molar refractivity (Wildman–Crippen MR) is 126 cm³/mol. The summed E-state index contributed by atoms with van der Waals surface area (Å²) in [5.41, 5.74) is 4.64. The van der Waals surface area contributed by atoms with Crippen LogP contribution in [-0.2, 0) is 14.3 Å². The van der Waals surface area contributed by atoms with Crippen molar-refractivity contribution >= 4 is 18.0 Å². The van der Waals surface area contributed by atoms with Crippen LogP contribution in [0.2, 0.25) is 0 Å². The molecule has 176 valence electrons. The topological polar surface area (TPSA) is 95.9 Å². The van der Waals surface area contributed by atoms with Gasteiger partial charge in [0.1, 0.15) is 12.6 Å². The van der Waals surface area contributed by atoms with Crippen LogP contribution in [0.5, 0.6) is 0 Å². The molecule has 2 atom stereocenters. The molecule has 33 heavy (non-hydrogen) atoms. The number of ether oxygens (including phenoxy) is 1. The lowest BCUT2D eigenvalue weighted by Crippen LogP contribution is -2.43. The van der Waals surface area contributed by atoms with E-state index < -0.39 is 18.1 Å².